The Kier molecular flexibility index (Phi) is 5.93. The minimum absolute atomic E-state index is 0.105. The molecule has 1 heterocycles. The van der Waals surface area contributed by atoms with E-state index in [1.807, 2.05) is 0 Å². The van der Waals surface area contributed by atoms with Crippen LogP contribution < -0.4 is 10.2 Å². The summed E-state index contributed by atoms with van der Waals surface area (Å²) in [6.45, 7) is 1.88. The third-order valence-electron chi connectivity index (χ3n) is 3.83. The van der Waals surface area contributed by atoms with Gasteiger partial charge in [0.1, 0.15) is 10.7 Å². The monoisotopic (exact) mass is 438 g/mol. The van der Waals surface area contributed by atoms with Crippen molar-refractivity contribution in [2.24, 2.45) is 0 Å². The van der Waals surface area contributed by atoms with Crippen LogP contribution >= 0.6 is 34.8 Å². The number of imide groups is 1. The molecule has 3 rings (SSSR count). The highest BCUT2D eigenvalue weighted by Gasteiger charge is 2.39. The van der Waals surface area contributed by atoms with E-state index in [9.17, 15) is 14.4 Å². The highest BCUT2D eigenvalue weighted by atomic mass is 35.5. The first-order chi connectivity index (χ1) is 13.3. The van der Waals surface area contributed by atoms with Gasteiger partial charge in [-0.25, -0.2) is 9.69 Å². The largest absolute Gasteiger partial charge is 0.462 e. The smallest absolute Gasteiger partial charge is 0.338 e. The minimum Gasteiger partial charge on any atom is -0.462 e. The number of halogens is 3. The molecule has 28 heavy (non-hydrogen) atoms. The van der Waals surface area contributed by atoms with Crippen LogP contribution in [0.25, 0.3) is 0 Å². The molecule has 0 aliphatic carbocycles. The maximum absolute atomic E-state index is 12.8. The van der Waals surface area contributed by atoms with Crippen LogP contribution in [0.15, 0.2) is 53.2 Å². The van der Waals surface area contributed by atoms with Crippen molar-refractivity contribution in [2.45, 2.75) is 6.92 Å². The summed E-state index contributed by atoms with van der Waals surface area (Å²) in [7, 11) is 0. The Balaban J connectivity index is 1.89. The Morgan fingerprint density at radius 1 is 1.04 bits per heavy atom. The lowest BCUT2D eigenvalue weighted by atomic mass is 10.2. The molecule has 6 nitrogen and oxygen atoms in total. The molecule has 0 aromatic heterocycles. The number of carbonyl (C=O) groups excluding carboxylic acids is 3. The van der Waals surface area contributed by atoms with Gasteiger partial charge in [-0.2, -0.15) is 0 Å². The van der Waals surface area contributed by atoms with Gasteiger partial charge in [0.25, 0.3) is 11.8 Å². The van der Waals surface area contributed by atoms with E-state index in [1.165, 1.54) is 24.3 Å². The van der Waals surface area contributed by atoms with E-state index in [0.717, 1.165) is 4.90 Å². The van der Waals surface area contributed by atoms with Gasteiger partial charge in [-0.05, 0) is 43.3 Å². The third kappa shape index (κ3) is 3.85. The van der Waals surface area contributed by atoms with Gasteiger partial charge in [-0.3, -0.25) is 9.59 Å². The standard InChI is InChI=1S/C19H13Cl3N2O4/c1-2-28-19(27)10-4-3-5-12(8-10)24-17(25)15(22)16(18(24)26)23-11-6-7-13(20)14(21)9-11/h3-9,23H,2H2,1H3. The molecule has 2 aromatic carbocycles. The minimum atomic E-state index is -0.713. The molecular formula is C19H13Cl3N2O4. The Labute approximate surface area is 175 Å². The number of amides is 2. The summed E-state index contributed by atoms with van der Waals surface area (Å²) in [5.41, 5.74) is 0.740. The number of ether oxygens (including phenoxy) is 1. The van der Waals surface area contributed by atoms with E-state index < -0.39 is 17.8 Å². The Morgan fingerprint density at radius 3 is 2.46 bits per heavy atom. The van der Waals surface area contributed by atoms with Gasteiger partial charge in [0.05, 0.1) is 27.9 Å². The second-order valence-corrected chi connectivity index (χ2v) is 6.85. The van der Waals surface area contributed by atoms with Gasteiger partial charge in [0.15, 0.2) is 0 Å². The molecule has 2 aromatic rings. The molecule has 1 N–H and O–H groups in total. The number of benzene rings is 2. The first-order valence-electron chi connectivity index (χ1n) is 8.11. The van der Waals surface area contributed by atoms with Crippen molar-refractivity contribution in [3.63, 3.8) is 0 Å². The second-order valence-electron chi connectivity index (χ2n) is 5.66. The summed E-state index contributed by atoms with van der Waals surface area (Å²) in [5.74, 6) is -1.94. The van der Waals surface area contributed by atoms with Crippen LogP contribution in [0.3, 0.4) is 0 Å². The molecule has 0 unspecified atom stereocenters. The van der Waals surface area contributed by atoms with E-state index in [4.69, 9.17) is 39.5 Å². The summed E-state index contributed by atoms with van der Waals surface area (Å²) in [6.07, 6.45) is 0. The van der Waals surface area contributed by atoms with Crippen molar-refractivity contribution in [1.29, 1.82) is 0 Å². The first-order valence-corrected chi connectivity index (χ1v) is 9.24. The van der Waals surface area contributed by atoms with Crippen molar-refractivity contribution in [1.82, 2.24) is 0 Å². The number of nitrogens with one attached hydrogen (secondary N) is 1. The average Bonchev–Trinajstić information content (AvgIpc) is 2.88. The zero-order chi connectivity index (χ0) is 20.4. The van der Waals surface area contributed by atoms with Crippen molar-refractivity contribution < 1.29 is 19.1 Å². The lowest BCUT2D eigenvalue weighted by Gasteiger charge is -2.16. The summed E-state index contributed by atoms with van der Waals surface area (Å²) in [6, 6.07) is 10.6. The van der Waals surface area contributed by atoms with Crippen LogP contribution in [0.4, 0.5) is 11.4 Å². The van der Waals surface area contributed by atoms with E-state index >= 15 is 0 Å². The fourth-order valence-electron chi connectivity index (χ4n) is 2.55. The number of carbonyl (C=O) groups is 3. The molecule has 1 aliphatic heterocycles. The van der Waals surface area contributed by atoms with Gasteiger partial charge in [0, 0.05) is 5.69 Å². The highest BCUT2D eigenvalue weighted by molar-refractivity contribution is 6.53. The number of esters is 1. The van der Waals surface area contributed by atoms with Crippen molar-refractivity contribution in [2.75, 3.05) is 16.8 Å². The zero-order valence-electron chi connectivity index (χ0n) is 14.5. The molecule has 144 valence electrons. The van der Waals surface area contributed by atoms with Gasteiger partial charge in [-0.15, -0.1) is 0 Å². The molecule has 0 radical (unpaired) electrons. The fourth-order valence-corrected chi connectivity index (χ4v) is 3.06. The normalized spacial score (nSPS) is 13.9. The maximum Gasteiger partial charge on any atom is 0.338 e. The summed E-state index contributed by atoms with van der Waals surface area (Å²) < 4.78 is 4.94. The molecule has 0 saturated carbocycles. The Bertz CT molecular complexity index is 1020. The number of rotatable bonds is 5. The zero-order valence-corrected chi connectivity index (χ0v) is 16.7. The maximum atomic E-state index is 12.8. The number of anilines is 2. The summed E-state index contributed by atoms with van der Waals surface area (Å²) in [4.78, 5) is 38.2. The highest BCUT2D eigenvalue weighted by Crippen LogP contribution is 2.32. The predicted octanol–water partition coefficient (Wildman–Crippen LogP) is 4.61. The number of hydrogen-bond acceptors (Lipinski definition) is 5. The SMILES string of the molecule is CCOC(=O)c1cccc(N2C(=O)C(Cl)=C(Nc3ccc(Cl)c(Cl)c3)C2=O)c1. The number of nitrogens with zero attached hydrogens (tertiary/aromatic N) is 1. The molecule has 0 bridgehead atoms. The van der Waals surface area contributed by atoms with E-state index in [0.29, 0.717) is 10.7 Å². The summed E-state index contributed by atoms with van der Waals surface area (Å²) >= 11 is 17.9. The van der Waals surface area contributed by atoms with E-state index in [-0.39, 0.29) is 33.6 Å². The topological polar surface area (TPSA) is 75.7 Å². The van der Waals surface area contributed by atoms with Gasteiger partial charge in [0.2, 0.25) is 0 Å². The molecule has 0 saturated heterocycles. The molecular weight excluding hydrogens is 427 g/mol. The van der Waals surface area contributed by atoms with Crippen LogP contribution in [-0.4, -0.2) is 24.4 Å². The number of hydrogen-bond donors (Lipinski definition) is 1. The van der Waals surface area contributed by atoms with Crippen molar-refractivity contribution >= 4 is 64.0 Å². The lowest BCUT2D eigenvalue weighted by Crippen LogP contribution is -2.32. The van der Waals surface area contributed by atoms with E-state index in [1.54, 1.807) is 25.1 Å². The molecule has 0 spiro atoms. The Morgan fingerprint density at radius 2 is 1.79 bits per heavy atom. The van der Waals surface area contributed by atoms with Gasteiger partial charge < -0.3 is 10.1 Å². The van der Waals surface area contributed by atoms with Crippen molar-refractivity contribution in [3.05, 3.63) is 68.8 Å². The Hall–Kier alpha value is -2.54. The molecule has 0 atom stereocenters. The third-order valence-corrected chi connectivity index (χ3v) is 4.92. The molecule has 1 aliphatic rings. The van der Waals surface area contributed by atoms with Gasteiger partial charge in [-0.1, -0.05) is 40.9 Å². The quantitative estimate of drug-likeness (QED) is 0.544. The first kappa shape index (κ1) is 20.2. The predicted molar refractivity (Wildman–Crippen MR) is 108 cm³/mol. The molecule has 0 fully saturated rings. The van der Waals surface area contributed by atoms with Crippen molar-refractivity contribution in [3.8, 4) is 0 Å². The van der Waals surface area contributed by atoms with Crippen LogP contribution in [0, 0.1) is 0 Å². The molecule has 2 amide bonds. The second kappa shape index (κ2) is 8.22. The average molecular weight is 440 g/mol. The van der Waals surface area contributed by atoms with Gasteiger partial charge >= 0.3 is 5.97 Å². The van der Waals surface area contributed by atoms with Crippen LogP contribution in [0.2, 0.25) is 10.0 Å². The fraction of sp³-hybridized carbons (Fsp3) is 0.105. The van der Waals surface area contributed by atoms with Crippen LogP contribution in [0.5, 0.6) is 0 Å². The molecule has 9 heteroatoms. The summed E-state index contributed by atoms with van der Waals surface area (Å²) in [5, 5.41) is 3.14. The van der Waals surface area contributed by atoms with Crippen LogP contribution in [-0.2, 0) is 14.3 Å². The van der Waals surface area contributed by atoms with E-state index in [2.05, 4.69) is 5.32 Å². The van der Waals surface area contributed by atoms with Crippen LogP contribution in [0.1, 0.15) is 17.3 Å². The lowest BCUT2D eigenvalue weighted by molar-refractivity contribution is -0.120.